The number of hydrogen-bond donors (Lipinski definition) is 1. The van der Waals surface area contributed by atoms with Crippen LogP contribution in [0.3, 0.4) is 0 Å². The summed E-state index contributed by atoms with van der Waals surface area (Å²) in [6.45, 7) is 0.269. The zero-order chi connectivity index (χ0) is 20.5. The largest absolute Gasteiger partial charge is 0.452 e. The number of anilines is 2. The molecule has 0 fully saturated rings. The molecule has 28 heavy (non-hydrogen) atoms. The van der Waals surface area contributed by atoms with Crippen LogP contribution >= 0.6 is 0 Å². The minimum Gasteiger partial charge on any atom is -0.452 e. The summed E-state index contributed by atoms with van der Waals surface area (Å²) < 4.78 is 9.90. The number of likely N-dealkylation sites (N-methyl/N-ethyl adjacent to an activating group) is 1. The molecule has 0 aromatic heterocycles. The van der Waals surface area contributed by atoms with E-state index in [9.17, 15) is 19.7 Å². The van der Waals surface area contributed by atoms with Crippen LogP contribution in [0.4, 0.5) is 17.1 Å². The monoisotopic (exact) mass is 387 g/mol. The molecular weight excluding hydrogens is 366 g/mol. The lowest BCUT2D eigenvalue weighted by molar-refractivity contribution is -0.384. The first kappa shape index (κ1) is 20.8. The minimum atomic E-state index is -0.818. The van der Waals surface area contributed by atoms with Crippen LogP contribution in [0.5, 0.6) is 0 Å². The number of nitrogens with one attached hydrogen (secondary N) is 1. The van der Waals surface area contributed by atoms with Gasteiger partial charge in [-0.15, -0.1) is 0 Å². The van der Waals surface area contributed by atoms with Crippen molar-refractivity contribution >= 4 is 28.9 Å². The first-order chi connectivity index (χ1) is 13.4. The van der Waals surface area contributed by atoms with E-state index in [1.54, 1.807) is 31.3 Å². The SMILES string of the molecule is COCCNc1ccc(C(=O)OCC(=O)N(C)c2ccccc2)cc1[N+](=O)[O-]. The Kier molecular flexibility index (Phi) is 7.46. The van der Waals surface area contributed by atoms with Crippen molar-refractivity contribution in [2.75, 3.05) is 44.1 Å². The molecule has 2 aromatic carbocycles. The summed E-state index contributed by atoms with van der Waals surface area (Å²) >= 11 is 0. The number of ether oxygens (including phenoxy) is 2. The Hall–Kier alpha value is -3.46. The summed E-state index contributed by atoms with van der Waals surface area (Å²) in [5.74, 6) is -1.24. The Morgan fingerprint density at radius 1 is 1.18 bits per heavy atom. The number of amides is 1. The second-order valence-corrected chi connectivity index (χ2v) is 5.77. The Morgan fingerprint density at radius 2 is 1.89 bits per heavy atom. The summed E-state index contributed by atoms with van der Waals surface area (Å²) in [7, 11) is 3.09. The van der Waals surface area contributed by atoms with Gasteiger partial charge in [0.2, 0.25) is 0 Å². The van der Waals surface area contributed by atoms with Crippen molar-refractivity contribution in [1.82, 2.24) is 0 Å². The molecular formula is C19H21N3O6. The Balaban J connectivity index is 2.02. The zero-order valence-electron chi connectivity index (χ0n) is 15.6. The summed E-state index contributed by atoms with van der Waals surface area (Å²) in [4.78, 5) is 36.4. The highest BCUT2D eigenvalue weighted by Gasteiger charge is 2.20. The third kappa shape index (κ3) is 5.52. The smallest absolute Gasteiger partial charge is 0.338 e. The summed E-state index contributed by atoms with van der Waals surface area (Å²) in [6.07, 6.45) is 0. The molecule has 148 valence electrons. The van der Waals surface area contributed by atoms with Crippen molar-refractivity contribution in [1.29, 1.82) is 0 Å². The van der Waals surface area contributed by atoms with E-state index in [2.05, 4.69) is 5.32 Å². The van der Waals surface area contributed by atoms with E-state index >= 15 is 0 Å². The van der Waals surface area contributed by atoms with Crippen LogP contribution in [-0.4, -0.2) is 50.7 Å². The number of carbonyl (C=O) groups excluding carboxylic acids is 2. The fourth-order valence-corrected chi connectivity index (χ4v) is 2.35. The molecule has 0 spiro atoms. The highest BCUT2D eigenvalue weighted by atomic mass is 16.6. The lowest BCUT2D eigenvalue weighted by Gasteiger charge is -2.17. The number of nitrogens with zero attached hydrogens (tertiary/aromatic N) is 2. The Labute approximate surface area is 162 Å². The van der Waals surface area contributed by atoms with E-state index in [-0.39, 0.29) is 16.9 Å². The number of hydrogen-bond acceptors (Lipinski definition) is 7. The molecule has 9 heteroatoms. The first-order valence-corrected chi connectivity index (χ1v) is 8.44. The molecule has 0 aliphatic rings. The third-order valence-corrected chi connectivity index (χ3v) is 3.90. The molecule has 0 unspecified atom stereocenters. The number of methoxy groups -OCH3 is 1. The van der Waals surface area contributed by atoms with Gasteiger partial charge >= 0.3 is 5.97 Å². The molecule has 0 aliphatic heterocycles. The molecule has 0 atom stereocenters. The molecule has 0 aliphatic carbocycles. The fraction of sp³-hybridized carbons (Fsp3) is 0.263. The van der Waals surface area contributed by atoms with Crippen molar-refractivity contribution in [2.24, 2.45) is 0 Å². The Bertz CT molecular complexity index is 841. The standard InChI is InChI=1S/C19H21N3O6/c1-21(15-6-4-3-5-7-15)18(23)13-28-19(24)14-8-9-16(20-10-11-27-2)17(12-14)22(25)26/h3-9,12,20H,10-11,13H2,1-2H3. The molecule has 9 nitrogen and oxygen atoms in total. The van der Waals surface area contributed by atoms with Gasteiger partial charge in [0.1, 0.15) is 5.69 Å². The number of nitro benzene ring substituents is 1. The molecule has 0 saturated carbocycles. The van der Waals surface area contributed by atoms with E-state index < -0.39 is 23.4 Å². The molecule has 0 radical (unpaired) electrons. The average molecular weight is 387 g/mol. The van der Waals surface area contributed by atoms with Crippen LogP contribution in [0.1, 0.15) is 10.4 Å². The summed E-state index contributed by atoms with van der Waals surface area (Å²) in [6, 6.07) is 12.8. The quantitative estimate of drug-likeness (QED) is 0.304. The predicted molar refractivity (Wildman–Crippen MR) is 104 cm³/mol. The zero-order valence-corrected chi connectivity index (χ0v) is 15.6. The fourth-order valence-electron chi connectivity index (χ4n) is 2.35. The maximum atomic E-state index is 12.2. The lowest BCUT2D eigenvalue weighted by atomic mass is 10.1. The van der Waals surface area contributed by atoms with Gasteiger partial charge in [-0.2, -0.15) is 0 Å². The van der Waals surface area contributed by atoms with Crippen molar-refractivity contribution in [3.63, 3.8) is 0 Å². The van der Waals surface area contributed by atoms with Crippen molar-refractivity contribution < 1.29 is 24.0 Å². The van der Waals surface area contributed by atoms with E-state index in [1.165, 1.54) is 24.1 Å². The maximum absolute atomic E-state index is 12.2. The summed E-state index contributed by atoms with van der Waals surface area (Å²) in [5.41, 5.74) is 0.640. The number of carbonyl (C=O) groups is 2. The van der Waals surface area contributed by atoms with E-state index in [1.807, 2.05) is 6.07 Å². The van der Waals surface area contributed by atoms with Gasteiger partial charge in [-0.05, 0) is 24.3 Å². The second kappa shape index (κ2) is 10.0. The minimum absolute atomic E-state index is 0.0147. The highest BCUT2D eigenvalue weighted by Crippen LogP contribution is 2.25. The van der Waals surface area contributed by atoms with Gasteiger partial charge in [0.15, 0.2) is 6.61 Å². The molecule has 0 bridgehead atoms. The third-order valence-electron chi connectivity index (χ3n) is 3.90. The van der Waals surface area contributed by atoms with Crippen LogP contribution < -0.4 is 10.2 Å². The van der Waals surface area contributed by atoms with Gasteiger partial charge < -0.3 is 19.7 Å². The normalized spacial score (nSPS) is 10.2. The van der Waals surface area contributed by atoms with Crippen LogP contribution in [0, 0.1) is 10.1 Å². The number of esters is 1. The molecule has 0 saturated heterocycles. The van der Waals surface area contributed by atoms with Gasteiger partial charge in [0.05, 0.1) is 17.1 Å². The predicted octanol–water partition coefficient (Wildman–Crippen LogP) is 2.47. The number of rotatable bonds is 9. The van der Waals surface area contributed by atoms with Crippen LogP contribution in [-0.2, 0) is 14.3 Å². The van der Waals surface area contributed by atoms with Crippen molar-refractivity contribution in [3.8, 4) is 0 Å². The molecule has 1 N–H and O–H groups in total. The molecule has 1 amide bonds. The average Bonchev–Trinajstić information content (AvgIpc) is 2.72. The second-order valence-electron chi connectivity index (χ2n) is 5.77. The maximum Gasteiger partial charge on any atom is 0.338 e. The van der Waals surface area contributed by atoms with Gasteiger partial charge in [-0.1, -0.05) is 18.2 Å². The topological polar surface area (TPSA) is 111 Å². The van der Waals surface area contributed by atoms with Gasteiger partial charge in [0, 0.05) is 32.5 Å². The lowest BCUT2D eigenvalue weighted by Crippen LogP contribution is -2.31. The molecule has 2 aromatic rings. The molecule has 0 heterocycles. The number of para-hydroxylation sites is 1. The van der Waals surface area contributed by atoms with Gasteiger partial charge in [0.25, 0.3) is 11.6 Å². The van der Waals surface area contributed by atoms with Crippen molar-refractivity contribution in [3.05, 3.63) is 64.2 Å². The van der Waals surface area contributed by atoms with Gasteiger partial charge in [-0.25, -0.2) is 4.79 Å². The highest BCUT2D eigenvalue weighted by molar-refractivity contribution is 5.97. The van der Waals surface area contributed by atoms with E-state index in [0.717, 1.165) is 6.07 Å². The van der Waals surface area contributed by atoms with Crippen LogP contribution in [0.15, 0.2) is 48.5 Å². The van der Waals surface area contributed by atoms with E-state index in [4.69, 9.17) is 9.47 Å². The first-order valence-electron chi connectivity index (χ1n) is 8.44. The number of benzene rings is 2. The summed E-state index contributed by atoms with van der Waals surface area (Å²) in [5, 5.41) is 14.1. The van der Waals surface area contributed by atoms with Gasteiger partial charge in [-0.3, -0.25) is 14.9 Å². The van der Waals surface area contributed by atoms with Crippen LogP contribution in [0.2, 0.25) is 0 Å². The van der Waals surface area contributed by atoms with E-state index in [0.29, 0.717) is 18.8 Å². The molecule has 2 rings (SSSR count). The van der Waals surface area contributed by atoms with Crippen molar-refractivity contribution in [2.45, 2.75) is 0 Å². The number of nitro groups is 1. The Morgan fingerprint density at radius 3 is 2.54 bits per heavy atom. The van der Waals surface area contributed by atoms with Crippen LogP contribution in [0.25, 0.3) is 0 Å².